The highest BCUT2D eigenvalue weighted by Gasteiger charge is 2.32. The van der Waals surface area contributed by atoms with Crippen molar-refractivity contribution in [1.82, 2.24) is 0 Å². The van der Waals surface area contributed by atoms with E-state index in [4.69, 9.17) is 0 Å². The Labute approximate surface area is 221 Å². The molecule has 2 nitrogen and oxygen atoms in total. The first-order valence-corrected chi connectivity index (χ1v) is 13.8. The number of aromatic hydroxyl groups is 1. The minimum atomic E-state index is -0.418. The van der Waals surface area contributed by atoms with E-state index in [1.807, 2.05) is 36.4 Å². The quantitative estimate of drug-likeness (QED) is 0.173. The highest BCUT2D eigenvalue weighted by Crippen LogP contribution is 2.49. The lowest BCUT2D eigenvalue weighted by atomic mass is 9.88. The van der Waals surface area contributed by atoms with Crippen molar-refractivity contribution in [2.45, 2.75) is 51.6 Å². The molecule has 0 spiro atoms. The molecule has 0 amide bonds. The number of hydrogen-bond acceptors (Lipinski definition) is 2. The Morgan fingerprint density at radius 1 is 0.865 bits per heavy atom. The van der Waals surface area contributed by atoms with Crippen LogP contribution in [0.4, 0.5) is 4.39 Å². The summed E-state index contributed by atoms with van der Waals surface area (Å²) in [6.45, 7) is 5.78. The van der Waals surface area contributed by atoms with Crippen LogP contribution in [0.15, 0.2) is 91.0 Å². The zero-order valence-electron chi connectivity index (χ0n) is 21.7. The molecule has 4 heteroatoms. The molecule has 0 radical (unpaired) electrons. The van der Waals surface area contributed by atoms with Crippen molar-refractivity contribution in [2.75, 3.05) is 0 Å². The third-order valence-electron chi connectivity index (χ3n) is 6.85. The summed E-state index contributed by atoms with van der Waals surface area (Å²) in [5, 5.41) is 12.1. The molecule has 4 rings (SSSR count). The molecule has 0 saturated heterocycles. The molecule has 0 fully saturated rings. The number of halogens is 1. The Morgan fingerprint density at radius 3 is 2.08 bits per heavy atom. The predicted octanol–water partition coefficient (Wildman–Crippen LogP) is 7.93. The number of phenols is 1. The molecular formula is C33H34FO2P. The van der Waals surface area contributed by atoms with Crippen LogP contribution in [0.25, 0.3) is 0 Å². The van der Waals surface area contributed by atoms with Crippen LogP contribution in [0.3, 0.4) is 0 Å². The Hall–Kier alpha value is -3.29. The fourth-order valence-corrected chi connectivity index (χ4v) is 6.89. The molecule has 4 aromatic carbocycles. The van der Waals surface area contributed by atoms with Gasteiger partial charge < -0.3 is 5.11 Å². The van der Waals surface area contributed by atoms with Gasteiger partial charge in [-0.1, -0.05) is 108 Å². The van der Waals surface area contributed by atoms with Crippen LogP contribution in [-0.4, -0.2) is 10.9 Å². The summed E-state index contributed by atoms with van der Waals surface area (Å²) in [6, 6.07) is 29.3. The predicted molar refractivity (Wildman–Crippen MR) is 153 cm³/mol. The smallest absolute Gasteiger partial charge is 0.160 e. The Kier molecular flexibility index (Phi) is 8.56. The maximum Gasteiger partial charge on any atom is 0.160 e. The summed E-state index contributed by atoms with van der Waals surface area (Å²) >= 11 is 0. The summed E-state index contributed by atoms with van der Waals surface area (Å²) in [7, 11) is 0.198. The van der Waals surface area contributed by atoms with Crippen LogP contribution in [-0.2, 0) is 18.0 Å². The van der Waals surface area contributed by atoms with Crippen LogP contribution in [0, 0.1) is 5.82 Å². The standard InChI is InChI=1S/C33H34FO2P/c1-4-17-33(3,37-31-16-15-28(34)22-29(31)23(2)35)30-21-26(18-24-11-7-5-8-12-24)20-27(32(30)36)19-25-13-9-6-10-14-25/h5-16,20-22,36-37H,4,17-19H2,1-3H3. The van der Waals surface area contributed by atoms with Gasteiger partial charge in [0.05, 0.1) is 0 Å². The minimum Gasteiger partial charge on any atom is -0.507 e. The van der Waals surface area contributed by atoms with E-state index in [0.29, 0.717) is 17.7 Å². The molecule has 2 unspecified atom stereocenters. The first kappa shape index (κ1) is 26.8. The van der Waals surface area contributed by atoms with Crippen molar-refractivity contribution in [3.63, 3.8) is 0 Å². The summed E-state index contributed by atoms with van der Waals surface area (Å²) in [5.41, 5.74) is 5.70. The summed E-state index contributed by atoms with van der Waals surface area (Å²) in [4.78, 5) is 12.4. The van der Waals surface area contributed by atoms with Gasteiger partial charge in [-0.2, -0.15) is 0 Å². The van der Waals surface area contributed by atoms with E-state index < -0.39 is 11.0 Å². The largest absolute Gasteiger partial charge is 0.507 e. The average Bonchev–Trinajstić information content (AvgIpc) is 2.88. The second kappa shape index (κ2) is 11.8. The second-order valence-electron chi connectivity index (χ2n) is 9.93. The van der Waals surface area contributed by atoms with Gasteiger partial charge in [0.25, 0.3) is 0 Å². The second-order valence-corrected chi connectivity index (χ2v) is 11.8. The summed E-state index contributed by atoms with van der Waals surface area (Å²) < 4.78 is 14.0. The van der Waals surface area contributed by atoms with Crippen molar-refractivity contribution in [1.29, 1.82) is 0 Å². The van der Waals surface area contributed by atoms with Crippen LogP contribution in [0.2, 0.25) is 0 Å². The molecule has 0 aliphatic carbocycles. The van der Waals surface area contributed by atoms with Gasteiger partial charge in [0.15, 0.2) is 5.78 Å². The number of ketones is 1. The van der Waals surface area contributed by atoms with E-state index in [2.05, 4.69) is 50.2 Å². The van der Waals surface area contributed by atoms with E-state index >= 15 is 0 Å². The third kappa shape index (κ3) is 6.53. The number of carbonyl (C=O) groups is 1. The number of hydrogen-bond donors (Lipinski definition) is 1. The summed E-state index contributed by atoms with van der Waals surface area (Å²) in [5.74, 6) is -0.239. The van der Waals surface area contributed by atoms with E-state index in [0.717, 1.165) is 46.8 Å². The molecular weight excluding hydrogens is 478 g/mol. The molecule has 0 saturated carbocycles. The van der Waals surface area contributed by atoms with Gasteiger partial charge in [-0.3, -0.25) is 4.79 Å². The van der Waals surface area contributed by atoms with Crippen molar-refractivity contribution >= 4 is 19.7 Å². The van der Waals surface area contributed by atoms with Gasteiger partial charge in [-0.25, -0.2) is 4.39 Å². The molecule has 0 aliphatic heterocycles. The molecule has 0 bridgehead atoms. The Morgan fingerprint density at radius 2 is 1.49 bits per heavy atom. The Balaban J connectivity index is 1.83. The lowest BCUT2D eigenvalue weighted by molar-refractivity contribution is 0.101. The molecule has 1 N–H and O–H groups in total. The van der Waals surface area contributed by atoms with Crippen LogP contribution >= 0.6 is 8.58 Å². The fraction of sp³-hybridized carbons (Fsp3) is 0.242. The van der Waals surface area contributed by atoms with Gasteiger partial charge in [0.2, 0.25) is 0 Å². The zero-order valence-corrected chi connectivity index (χ0v) is 22.7. The van der Waals surface area contributed by atoms with Gasteiger partial charge in [0.1, 0.15) is 11.6 Å². The third-order valence-corrected chi connectivity index (χ3v) is 8.63. The van der Waals surface area contributed by atoms with Crippen LogP contribution < -0.4 is 5.30 Å². The first-order chi connectivity index (χ1) is 17.8. The minimum absolute atomic E-state index is 0.146. The first-order valence-electron chi connectivity index (χ1n) is 12.8. The van der Waals surface area contributed by atoms with Gasteiger partial charge in [-0.05, 0) is 59.5 Å². The van der Waals surface area contributed by atoms with Crippen LogP contribution in [0.5, 0.6) is 5.75 Å². The van der Waals surface area contributed by atoms with E-state index in [-0.39, 0.29) is 14.4 Å². The lowest BCUT2D eigenvalue weighted by Crippen LogP contribution is -2.23. The maximum absolute atomic E-state index is 14.0. The fourth-order valence-electron chi connectivity index (χ4n) is 5.04. The number of Topliss-reactive ketones (excluding diaryl/α,β-unsaturated/α-hetero) is 1. The highest BCUT2D eigenvalue weighted by atomic mass is 31.1. The van der Waals surface area contributed by atoms with Gasteiger partial charge in [0, 0.05) is 22.7 Å². The lowest BCUT2D eigenvalue weighted by Gasteiger charge is -2.33. The van der Waals surface area contributed by atoms with E-state index in [1.54, 1.807) is 6.07 Å². The van der Waals surface area contributed by atoms with Crippen molar-refractivity contribution < 1.29 is 14.3 Å². The van der Waals surface area contributed by atoms with Crippen molar-refractivity contribution in [2.24, 2.45) is 0 Å². The number of rotatable bonds is 10. The normalized spacial score (nSPS) is 13.1. The highest BCUT2D eigenvalue weighted by molar-refractivity contribution is 7.48. The number of phenolic OH excluding ortho intramolecular Hbond substituents is 1. The Bertz CT molecular complexity index is 1370. The summed E-state index contributed by atoms with van der Waals surface area (Å²) in [6.07, 6.45) is 3.13. The SMILES string of the molecule is CCCC(C)(Pc1ccc(F)cc1C(C)=O)c1cc(Cc2ccccc2)cc(Cc2ccccc2)c1O. The molecule has 0 aliphatic rings. The van der Waals surface area contributed by atoms with Crippen molar-refractivity contribution in [3.05, 3.63) is 130 Å². The van der Waals surface area contributed by atoms with Gasteiger partial charge >= 0.3 is 0 Å². The molecule has 190 valence electrons. The monoisotopic (exact) mass is 512 g/mol. The number of carbonyl (C=O) groups excluding carboxylic acids is 1. The van der Waals surface area contributed by atoms with E-state index in [9.17, 15) is 14.3 Å². The zero-order chi connectivity index (χ0) is 26.4. The van der Waals surface area contributed by atoms with Gasteiger partial charge in [-0.15, -0.1) is 0 Å². The average molecular weight is 513 g/mol. The maximum atomic E-state index is 14.0. The molecule has 37 heavy (non-hydrogen) atoms. The molecule has 0 heterocycles. The topological polar surface area (TPSA) is 37.3 Å². The van der Waals surface area contributed by atoms with Crippen LogP contribution in [0.1, 0.15) is 71.8 Å². The molecule has 4 aromatic rings. The number of benzene rings is 4. The molecule has 2 atom stereocenters. The van der Waals surface area contributed by atoms with Crippen molar-refractivity contribution in [3.8, 4) is 5.75 Å². The molecule has 0 aromatic heterocycles. The van der Waals surface area contributed by atoms with E-state index in [1.165, 1.54) is 24.6 Å².